The van der Waals surface area contributed by atoms with Crippen molar-refractivity contribution >= 4 is 23.6 Å². The lowest BCUT2D eigenvalue weighted by Crippen LogP contribution is -2.51. The standard InChI is InChI=1S/2C26H31FN2O3/c2*1-17(2)24-25(30)28-22(19-13-15-20(27)16-14-19)11-7-5-9-18(3)32-23-12-8-6-10-21(23)26(31)29(24)4/h2*5-8,10,12-18,22,24H,9,11H2,1-4H3,(H,28,30)/b7-5+;7-5-/t2*18-,22+,24-/m11/s1. The summed E-state index contributed by atoms with van der Waals surface area (Å²) in [4.78, 5) is 56.4. The molecular formula is C52H62F2N4O6. The molecule has 0 saturated carbocycles. The lowest BCUT2D eigenvalue weighted by molar-refractivity contribution is -0.128. The number of nitrogens with zero attached hydrogens (tertiary/aromatic N) is 2. The minimum absolute atomic E-state index is 0.117. The summed E-state index contributed by atoms with van der Waals surface area (Å²) >= 11 is 0. The van der Waals surface area contributed by atoms with Crippen LogP contribution < -0.4 is 20.1 Å². The average molecular weight is 877 g/mol. The molecule has 6 atom stereocenters. The van der Waals surface area contributed by atoms with Gasteiger partial charge in [0.1, 0.15) is 35.2 Å². The Morgan fingerprint density at radius 1 is 0.516 bits per heavy atom. The molecule has 12 heteroatoms. The van der Waals surface area contributed by atoms with Crippen LogP contribution in [0.2, 0.25) is 0 Å². The Bertz CT molecular complexity index is 2100. The number of carbonyl (C=O) groups is 4. The minimum atomic E-state index is -0.678. The molecule has 2 heterocycles. The quantitative estimate of drug-likeness (QED) is 0.197. The van der Waals surface area contributed by atoms with E-state index in [9.17, 15) is 28.0 Å². The van der Waals surface area contributed by atoms with E-state index < -0.39 is 12.1 Å². The van der Waals surface area contributed by atoms with Gasteiger partial charge in [-0.2, -0.15) is 0 Å². The summed E-state index contributed by atoms with van der Waals surface area (Å²) in [5, 5.41) is 6.17. The van der Waals surface area contributed by atoms with E-state index in [0.717, 1.165) is 11.1 Å². The van der Waals surface area contributed by atoms with Crippen LogP contribution in [0, 0.1) is 23.5 Å². The van der Waals surface area contributed by atoms with Gasteiger partial charge in [0.2, 0.25) is 11.8 Å². The van der Waals surface area contributed by atoms with Crippen molar-refractivity contribution in [3.8, 4) is 11.5 Å². The van der Waals surface area contributed by atoms with Gasteiger partial charge < -0.3 is 29.9 Å². The van der Waals surface area contributed by atoms with Crippen LogP contribution in [0.25, 0.3) is 0 Å². The van der Waals surface area contributed by atoms with Crippen molar-refractivity contribution in [2.75, 3.05) is 14.1 Å². The molecule has 0 radical (unpaired) electrons. The number of fused-ring (bicyclic) bond motifs is 2. The smallest absolute Gasteiger partial charge is 0.258 e. The number of nitrogens with one attached hydrogen (secondary N) is 2. The molecule has 0 saturated heterocycles. The molecule has 0 bridgehead atoms. The SMILES string of the molecule is CC(C)[C@@H]1C(=O)N[C@H](c2ccc(F)cc2)C/C=C/C[C@@H](C)Oc2ccccc2C(=O)N1C.CC(C)[C@@H]1C(=O)N[C@H](c2ccc(F)cc2)C/C=C\C[C@@H](C)Oc2ccccc2C(=O)N1C. The minimum Gasteiger partial charge on any atom is -0.490 e. The van der Waals surface area contributed by atoms with Crippen molar-refractivity contribution in [3.63, 3.8) is 0 Å². The fraction of sp³-hybridized carbons (Fsp3) is 0.385. The number of amides is 4. The third kappa shape index (κ3) is 12.9. The third-order valence-electron chi connectivity index (χ3n) is 11.4. The normalized spacial score (nSPS) is 23.7. The molecule has 0 aromatic heterocycles. The zero-order chi connectivity index (χ0) is 46.5. The Balaban J connectivity index is 0.000000241. The lowest BCUT2D eigenvalue weighted by atomic mass is 9.98. The molecule has 4 aromatic carbocycles. The second-order valence-electron chi connectivity index (χ2n) is 17.2. The Hall–Kier alpha value is -6.30. The van der Waals surface area contributed by atoms with Crippen LogP contribution in [0.4, 0.5) is 8.78 Å². The summed E-state index contributed by atoms with van der Waals surface area (Å²) in [6, 6.07) is 24.5. The summed E-state index contributed by atoms with van der Waals surface area (Å²) in [6.45, 7) is 11.6. The molecule has 2 aliphatic rings. The van der Waals surface area contributed by atoms with Crippen LogP contribution in [-0.4, -0.2) is 71.8 Å². The molecule has 0 aliphatic carbocycles. The van der Waals surface area contributed by atoms with Gasteiger partial charge in [-0.3, -0.25) is 19.2 Å². The Labute approximate surface area is 376 Å². The van der Waals surface area contributed by atoms with Gasteiger partial charge in [-0.05, 0) is 98.2 Å². The first-order valence-corrected chi connectivity index (χ1v) is 22.0. The van der Waals surface area contributed by atoms with Crippen molar-refractivity contribution in [1.82, 2.24) is 20.4 Å². The molecule has 0 spiro atoms. The second-order valence-corrected chi connectivity index (χ2v) is 17.2. The Kier molecular flexibility index (Phi) is 17.4. The highest BCUT2D eigenvalue weighted by atomic mass is 19.1. The van der Waals surface area contributed by atoms with Crippen LogP contribution >= 0.6 is 0 Å². The second kappa shape index (κ2) is 22.9. The van der Waals surface area contributed by atoms with E-state index >= 15 is 0 Å². The van der Waals surface area contributed by atoms with Gasteiger partial charge in [0.15, 0.2) is 0 Å². The number of benzene rings is 4. The van der Waals surface area contributed by atoms with Crippen molar-refractivity contribution < 1.29 is 37.4 Å². The molecule has 2 aliphatic heterocycles. The first kappa shape index (κ1) is 48.7. The van der Waals surface area contributed by atoms with Crippen LogP contribution in [0.1, 0.15) is 111 Å². The molecule has 4 aromatic rings. The van der Waals surface area contributed by atoms with E-state index in [-0.39, 0.29) is 71.4 Å². The van der Waals surface area contributed by atoms with Crippen molar-refractivity contribution in [2.24, 2.45) is 11.8 Å². The summed E-state index contributed by atoms with van der Waals surface area (Å²) in [5.74, 6) is -0.909. The van der Waals surface area contributed by atoms with Gasteiger partial charge in [0, 0.05) is 26.9 Å². The fourth-order valence-corrected chi connectivity index (χ4v) is 8.01. The van der Waals surface area contributed by atoms with Crippen molar-refractivity contribution in [1.29, 1.82) is 0 Å². The van der Waals surface area contributed by atoms with Crippen LogP contribution in [0.3, 0.4) is 0 Å². The molecule has 2 N–H and O–H groups in total. The van der Waals surface area contributed by atoms with E-state index in [4.69, 9.17) is 9.47 Å². The summed E-state index contributed by atoms with van der Waals surface area (Å²) in [5.41, 5.74) is 2.47. The first-order valence-electron chi connectivity index (χ1n) is 22.0. The number of carbonyl (C=O) groups excluding carboxylic acids is 4. The zero-order valence-electron chi connectivity index (χ0n) is 38.1. The number of likely N-dealkylation sites (N-methyl/N-ethyl adjacent to an activating group) is 2. The fourth-order valence-electron chi connectivity index (χ4n) is 8.01. The summed E-state index contributed by atoms with van der Waals surface area (Å²) < 4.78 is 39.0. The highest BCUT2D eigenvalue weighted by Gasteiger charge is 2.34. The van der Waals surface area contributed by atoms with Gasteiger partial charge in [0.05, 0.1) is 35.4 Å². The monoisotopic (exact) mass is 876 g/mol. The van der Waals surface area contributed by atoms with E-state index in [0.29, 0.717) is 48.3 Å². The maximum Gasteiger partial charge on any atom is 0.258 e. The van der Waals surface area contributed by atoms with Gasteiger partial charge in [-0.25, -0.2) is 8.78 Å². The summed E-state index contributed by atoms with van der Waals surface area (Å²) in [6.07, 6.45) is 10.2. The van der Waals surface area contributed by atoms with E-state index in [2.05, 4.69) is 10.6 Å². The molecule has 6 rings (SSSR count). The van der Waals surface area contributed by atoms with Crippen LogP contribution in [0.5, 0.6) is 11.5 Å². The zero-order valence-corrected chi connectivity index (χ0v) is 38.1. The Morgan fingerprint density at radius 3 is 1.19 bits per heavy atom. The number of para-hydroxylation sites is 2. The van der Waals surface area contributed by atoms with Crippen molar-refractivity contribution in [2.45, 2.75) is 104 Å². The molecule has 4 amide bonds. The topological polar surface area (TPSA) is 117 Å². The number of halogens is 2. The van der Waals surface area contributed by atoms with Crippen LogP contribution in [-0.2, 0) is 9.59 Å². The van der Waals surface area contributed by atoms with Gasteiger partial charge in [-0.15, -0.1) is 0 Å². The Morgan fingerprint density at radius 2 is 0.844 bits per heavy atom. The molecule has 340 valence electrons. The maximum atomic E-state index is 13.4. The lowest BCUT2D eigenvalue weighted by Gasteiger charge is -2.32. The number of hydrogen-bond acceptors (Lipinski definition) is 6. The van der Waals surface area contributed by atoms with Crippen LogP contribution in [0.15, 0.2) is 121 Å². The largest absolute Gasteiger partial charge is 0.490 e. The average Bonchev–Trinajstić information content (AvgIpc) is 3.25. The predicted octanol–water partition coefficient (Wildman–Crippen LogP) is 9.79. The molecule has 0 unspecified atom stereocenters. The van der Waals surface area contributed by atoms with Gasteiger partial charge >= 0.3 is 0 Å². The van der Waals surface area contributed by atoms with Crippen molar-refractivity contribution in [3.05, 3.63) is 155 Å². The maximum absolute atomic E-state index is 13.4. The third-order valence-corrected chi connectivity index (χ3v) is 11.4. The summed E-state index contributed by atoms with van der Waals surface area (Å²) in [7, 11) is 3.29. The molecule has 64 heavy (non-hydrogen) atoms. The van der Waals surface area contributed by atoms with Gasteiger partial charge in [-0.1, -0.05) is 101 Å². The highest BCUT2D eigenvalue weighted by molar-refractivity contribution is 6.00. The molecule has 0 fully saturated rings. The molecule has 10 nitrogen and oxygen atoms in total. The number of hydrogen-bond donors (Lipinski definition) is 2. The van der Waals surface area contributed by atoms with E-state index in [1.165, 1.54) is 34.1 Å². The van der Waals surface area contributed by atoms with E-state index in [1.54, 1.807) is 74.8 Å². The first-order chi connectivity index (χ1) is 30.5. The van der Waals surface area contributed by atoms with E-state index in [1.807, 2.05) is 78.0 Å². The van der Waals surface area contributed by atoms with Gasteiger partial charge in [0.25, 0.3) is 11.8 Å². The highest BCUT2D eigenvalue weighted by Crippen LogP contribution is 2.28. The number of ether oxygens (including phenoxy) is 2. The number of rotatable bonds is 4. The predicted molar refractivity (Wildman–Crippen MR) is 246 cm³/mol. The molecular weight excluding hydrogens is 815 g/mol.